The molecule has 0 saturated carbocycles. The van der Waals surface area contributed by atoms with E-state index < -0.39 is 0 Å². The number of hydrogen-bond donors (Lipinski definition) is 4. The van der Waals surface area contributed by atoms with Gasteiger partial charge in [0, 0.05) is 36.2 Å². The van der Waals surface area contributed by atoms with Crippen LogP contribution in [0.3, 0.4) is 0 Å². The van der Waals surface area contributed by atoms with Crippen molar-refractivity contribution in [3.05, 3.63) is 95.2 Å². The molecular formula is C41H55N9O3. The number of pyridine rings is 1. The van der Waals surface area contributed by atoms with Crippen molar-refractivity contribution in [2.24, 2.45) is 0 Å². The molecule has 0 bridgehead atoms. The maximum absolute atomic E-state index is 13.7. The molecular weight excluding hydrogens is 667 g/mol. The van der Waals surface area contributed by atoms with Crippen LogP contribution in [-0.4, -0.2) is 75.5 Å². The molecule has 3 heterocycles. The monoisotopic (exact) mass is 721 g/mol. The van der Waals surface area contributed by atoms with E-state index in [-0.39, 0.29) is 41.2 Å². The number of piperidine rings is 1. The molecule has 12 nitrogen and oxygen atoms in total. The number of carbonyl (C=O) groups excluding carboxylic acids is 1. The molecule has 53 heavy (non-hydrogen) atoms. The van der Waals surface area contributed by atoms with Gasteiger partial charge >= 0.3 is 6.03 Å². The first-order chi connectivity index (χ1) is 25.3. The first-order valence-electron chi connectivity index (χ1n) is 18.7. The van der Waals surface area contributed by atoms with Gasteiger partial charge in [-0.1, -0.05) is 51.1 Å². The van der Waals surface area contributed by atoms with Gasteiger partial charge in [0.2, 0.25) is 5.96 Å². The minimum atomic E-state index is -0.323. The number of hydrogen-bond acceptors (Lipinski definition) is 7. The number of rotatable bonds is 9. The SMILES string of the molecule is C[C@@H]1CCC[C@H](C)N1C(=N)n1cc(O[C@@H]2CC[C@H](NC(=O)Nc3cc(C(C)(C)C)nn3-c3cccc(OCCN(C)C)c3)c3ccccc32)ccc1=N. The highest BCUT2D eigenvalue weighted by Gasteiger charge is 2.31. The van der Waals surface area contributed by atoms with Crippen LogP contribution in [0.4, 0.5) is 10.6 Å². The van der Waals surface area contributed by atoms with Crippen LogP contribution in [0.2, 0.25) is 0 Å². The van der Waals surface area contributed by atoms with E-state index in [1.165, 1.54) is 0 Å². The molecule has 2 aromatic heterocycles. The zero-order chi connectivity index (χ0) is 37.9. The number of likely N-dealkylation sites (tertiary alicyclic amines) is 1. The van der Waals surface area contributed by atoms with Crippen LogP contribution in [0.1, 0.15) is 95.7 Å². The van der Waals surface area contributed by atoms with E-state index in [2.05, 4.69) is 61.1 Å². The van der Waals surface area contributed by atoms with E-state index in [1.807, 2.05) is 62.6 Å². The Morgan fingerprint density at radius 2 is 1.68 bits per heavy atom. The molecule has 1 aliphatic heterocycles. The Morgan fingerprint density at radius 3 is 2.40 bits per heavy atom. The lowest BCUT2D eigenvalue weighted by molar-refractivity contribution is 0.170. The Hall–Kier alpha value is -5.10. The minimum absolute atomic E-state index is 0.228. The number of fused-ring (bicyclic) bond motifs is 1. The summed E-state index contributed by atoms with van der Waals surface area (Å²) in [4.78, 5) is 17.9. The van der Waals surface area contributed by atoms with Crippen molar-refractivity contribution in [2.45, 2.75) is 96.4 Å². The lowest BCUT2D eigenvalue weighted by atomic mass is 9.85. The molecule has 2 aliphatic rings. The summed E-state index contributed by atoms with van der Waals surface area (Å²) in [6.07, 6.45) is 6.08. The largest absolute Gasteiger partial charge is 0.492 e. The second-order valence-corrected chi connectivity index (χ2v) is 15.7. The molecule has 12 heteroatoms. The number of carbonyl (C=O) groups is 1. The molecule has 0 radical (unpaired) electrons. The molecule has 0 unspecified atom stereocenters. The van der Waals surface area contributed by atoms with Crippen LogP contribution in [0, 0.1) is 10.8 Å². The number of likely N-dealkylation sites (N-methyl/N-ethyl adjacent to an activating group) is 1. The molecule has 282 valence electrons. The van der Waals surface area contributed by atoms with Crippen molar-refractivity contribution in [2.75, 3.05) is 32.6 Å². The van der Waals surface area contributed by atoms with Crippen LogP contribution in [-0.2, 0) is 5.41 Å². The Bertz CT molecular complexity index is 1970. The van der Waals surface area contributed by atoms with Crippen LogP contribution < -0.4 is 25.6 Å². The topological polar surface area (TPSA) is 137 Å². The molecule has 1 aliphatic carbocycles. The molecule has 1 fully saturated rings. The summed E-state index contributed by atoms with van der Waals surface area (Å²) in [5.41, 5.74) is 3.65. The summed E-state index contributed by atoms with van der Waals surface area (Å²) in [6.45, 7) is 12.0. The number of amides is 2. The van der Waals surface area contributed by atoms with Crippen LogP contribution >= 0.6 is 0 Å². The van der Waals surface area contributed by atoms with Gasteiger partial charge in [0.15, 0.2) is 0 Å². The third-order valence-corrected chi connectivity index (χ3v) is 10.2. The Kier molecular flexibility index (Phi) is 11.3. The van der Waals surface area contributed by atoms with Crippen molar-refractivity contribution >= 4 is 17.8 Å². The maximum Gasteiger partial charge on any atom is 0.320 e. The summed E-state index contributed by atoms with van der Waals surface area (Å²) >= 11 is 0. The second kappa shape index (κ2) is 15.9. The molecule has 2 aromatic carbocycles. The lowest BCUT2D eigenvalue weighted by Gasteiger charge is -2.41. The Balaban J connectivity index is 1.18. The van der Waals surface area contributed by atoms with Gasteiger partial charge in [-0.2, -0.15) is 5.10 Å². The van der Waals surface area contributed by atoms with Gasteiger partial charge < -0.3 is 24.6 Å². The van der Waals surface area contributed by atoms with Crippen molar-refractivity contribution in [3.8, 4) is 17.2 Å². The molecule has 4 atom stereocenters. The number of urea groups is 1. The van der Waals surface area contributed by atoms with Crippen LogP contribution in [0.25, 0.3) is 5.69 Å². The zero-order valence-electron chi connectivity index (χ0n) is 32.1. The van der Waals surface area contributed by atoms with E-state index in [1.54, 1.807) is 27.6 Å². The third kappa shape index (κ3) is 8.76. The third-order valence-electron chi connectivity index (χ3n) is 10.2. The quantitative estimate of drug-likeness (QED) is 0.107. The molecule has 0 spiro atoms. The van der Waals surface area contributed by atoms with Crippen LogP contribution in [0.5, 0.6) is 11.5 Å². The van der Waals surface area contributed by atoms with Crippen molar-refractivity contribution < 1.29 is 14.3 Å². The average Bonchev–Trinajstić information content (AvgIpc) is 3.54. The van der Waals surface area contributed by atoms with Crippen molar-refractivity contribution in [1.29, 1.82) is 10.8 Å². The van der Waals surface area contributed by atoms with E-state index in [4.69, 9.17) is 25.4 Å². The summed E-state index contributed by atoms with van der Waals surface area (Å²) < 4.78 is 16.0. The second-order valence-electron chi connectivity index (χ2n) is 15.7. The molecule has 1 saturated heterocycles. The van der Waals surface area contributed by atoms with Gasteiger partial charge in [0.25, 0.3) is 0 Å². The first-order valence-corrected chi connectivity index (χ1v) is 18.7. The van der Waals surface area contributed by atoms with Gasteiger partial charge in [-0.25, -0.2) is 9.48 Å². The normalized spacial score (nSPS) is 20.1. The zero-order valence-corrected chi connectivity index (χ0v) is 32.1. The van der Waals surface area contributed by atoms with E-state index in [9.17, 15) is 4.79 Å². The fourth-order valence-electron chi connectivity index (χ4n) is 7.27. The number of ether oxygens (including phenoxy) is 2. The van der Waals surface area contributed by atoms with Gasteiger partial charge in [-0.3, -0.25) is 20.7 Å². The molecule has 4 aromatic rings. The van der Waals surface area contributed by atoms with E-state index in [0.717, 1.165) is 54.1 Å². The summed E-state index contributed by atoms with van der Waals surface area (Å²) in [7, 11) is 4.02. The standard InChI is InChI=1S/C41H55N9O3/c1-27-12-10-13-28(2)49(27)39(43)48-26-31(18-21-37(48)42)53-35-20-19-34(32-16-8-9-17-33(32)35)44-40(51)45-38-25-36(41(3,4)5)46-50(38)29-14-11-15-30(24-29)52-23-22-47(6)7/h8-9,11,14-18,21,24-28,34-35,42-43H,10,12-13,19-20,22-23H2,1-7H3,(H2,44,45,51)/t27-,28+,34-,35+/m0/s1. The smallest absolute Gasteiger partial charge is 0.320 e. The Labute approximate surface area is 313 Å². The van der Waals surface area contributed by atoms with Crippen molar-refractivity contribution in [1.82, 2.24) is 29.5 Å². The number of nitrogens with one attached hydrogen (secondary N) is 4. The van der Waals surface area contributed by atoms with Gasteiger partial charge in [-0.15, -0.1) is 0 Å². The fraction of sp³-hybridized carbons (Fsp3) is 0.463. The number of aromatic nitrogens is 3. The first kappa shape index (κ1) is 37.7. The van der Waals surface area contributed by atoms with E-state index in [0.29, 0.717) is 37.0 Å². The number of anilines is 1. The number of benzene rings is 2. The molecule has 6 rings (SSSR count). The summed E-state index contributed by atoms with van der Waals surface area (Å²) in [5.74, 6) is 2.20. The average molecular weight is 722 g/mol. The highest BCUT2D eigenvalue weighted by molar-refractivity contribution is 5.89. The summed E-state index contributed by atoms with van der Waals surface area (Å²) in [6, 6.07) is 21.2. The number of nitrogens with zero attached hydrogens (tertiary/aromatic N) is 5. The van der Waals surface area contributed by atoms with Crippen molar-refractivity contribution in [3.63, 3.8) is 0 Å². The van der Waals surface area contributed by atoms with Gasteiger partial charge in [0.05, 0.1) is 23.6 Å². The highest BCUT2D eigenvalue weighted by Crippen LogP contribution is 2.39. The molecule has 2 amide bonds. The van der Waals surface area contributed by atoms with Gasteiger partial charge in [-0.05, 0) is 95.4 Å². The highest BCUT2D eigenvalue weighted by atomic mass is 16.5. The Morgan fingerprint density at radius 1 is 0.943 bits per heavy atom. The fourth-order valence-corrected chi connectivity index (χ4v) is 7.27. The molecule has 4 N–H and O–H groups in total. The maximum atomic E-state index is 13.7. The summed E-state index contributed by atoms with van der Waals surface area (Å²) in [5, 5.41) is 28.8. The van der Waals surface area contributed by atoms with Crippen LogP contribution in [0.15, 0.2) is 72.9 Å². The predicted octanol–water partition coefficient (Wildman–Crippen LogP) is 7.21. The predicted molar refractivity (Wildman–Crippen MR) is 208 cm³/mol. The lowest BCUT2D eigenvalue weighted by Crippen LogP contribution is -2.51. The van der Waals surface area contributed by atoms with Gasteiger partial charge in [0.1, 0.15) is 35.5 Å². The minimum Gasteiger partial charge on any atom is -0.492 e. The van der Waals surface area contributed by atoms with E-state index >= 15 is 0 Å².